The molecule has 0 radical (unpaired) electrons. The molecule has 0 aromatic heterocycles. The Labute approximate surface area is 112 Å². The van der Waals surface area contributed by atoms with Crippen molar-refractivity contribution in [2.24, 2.45) is 0 Å². The van der Waals surface area contributed by atoms with E-state index in [0.29, 0.717) is 0 Å². The number of rotatable bonds is 3. The molecule has 0 spiro atoms. The quantitative estimate of drug-likeness (QED) is 0.876. The lowest BCUT2D eigenvalue weighted by Crippen LogP contribution is -2.05. The normalized spacial score (nSPS) is 10.7. The number of aryl methyl sites for hydroxylation is 1. The van der Waals surface area contributed by atoms with E-state index in [2.05, 4.69) is 17.4 Å². The molecule has 0 atom stereocenters. The summed E-state index contributed by atoms with van der Waals surface area (Å²) in [6, 6.07) is 11.1. The first-order valence-corrected chi connectivity index (χ1v) is 6.18. The minimum atomic E-state index is -0.383. The van der Waals surface area contributed by atoms with Crippen LogP contribution in [-0.2, 0) is 6.54 Å². The van der Waals surface area contributed by atoms with Crippen LogP contribution in [0.5, 0.6) is 0 Å². The third-order valence-electron chi connectivity index (χ3n) is 2.77. The number of hydrogen-bond acceptors (Lipinski definition) is 1. The van der Waals surface area contributed by atoms with Crippen LogP contribution in [0.25, 0.3) is 11.1 Å². The van der Waals surface area contributed by atoms with Gasteiger partial charge in [-0.05, 0) is 48.9 Å². The molecule has 94 valence electrons. The molecule has 3 heteroatoms. The Hall–Kier alpha value is -1.38. The molecule has 0 amide bonds. The summed E-state index contributed by atoms with van der Waals surface area (Å²) in [4.78, 5) is 0. The van der Waals surface area contributed by atoms with Crippen LogP contribution in [0.2, 0.25) is 5.02 Å². The summed E-state index contributed by atoms with van der Waals surface area (Å²) in [5, 5.41) is 3.27. The average Bonchev–Trinajstić information content (AvgIpc) is 2.32. The minimum absolute atomic E-state index is 0.154. The van der Waals surface area contributed by atoms with Gasteiger partial charge in [-0.15, -0.1) is 0 Å². The molecule has 0 unspecified atom stereocenters. The molecule has 0 aliphatic rings. The lowest BCUT2D eigenvalue weighted by Gasteiger charge is -2.08. The largest absolute Gasteiger partial charge is 0.316 e. The third kappa shape index (κ3) is 2.89. The summed E-state index contributed by atoms with van der Waals surface area (Å²) in [7, 11) is 1.91. The van der Waals surface area contributed by atoms with E-state index in [-0.39, 0.29) is 10.8 Å². The predicted molar refractivity (Wildman–Crippen MR) is 74.3 cm³/mol. The monoisotopic (exact) mass is 263 g/mol. The van der Waals surface area contributed by atoms with Crippen LogP contribution in [0.3, 0.4) is 0 Å². The Kier molecular flexibility index (Phi) is 4.00. The second kappa shape index (κ2) is 5.51. The second-order valence-electron chi connectivity index (χ2n) is 4.37. The van der Waals surface area contributed by atoms with E-state index >= 15 is 0 Å². The average molecular weight is 264 g/mol. The van der Waals surface area contributed by atoms with Crippen LogP contribution in [0.15, 0.2) is 36.4 Å². The number of benzene rings is 2. The maximum atomic E-state index is 13.5. The molecule has 1 N–H and O–H groups in total. The molecule has 0 fully saturated rings. The summed E-state index contributed by atoms with van der Waals surface area (Å²) < 4.78 is 13.5. The Morgan fingerprint density at radius 3 is 2.56 bits per heavy atom. The Bertz CT molecular complexity index is 566. The molecule has 18 heavy (non-hydrogen) atoms. The van der Waals surface area contributed by atoms with Crippen LogP contribution in [0.1, 0.15) is 11.1 Å². The number of hydrogen-bond donors (Lipinski definition) is 1. The van der Waals surface area contributed by atoms with Crippen molar-refractivity contribution in [1.82, 2.24) is 5.32 Å². The van der Waals surface area contributed by atoms with Gasteiger partial charge in [-0.2, -0.15) is 0 Å². The first-order chi connectivity index (χ1) is 8.60. The summed E-state index contributed by atoms with van der Waals surface area (Å²) in [5.74, 6) is -0.383. The highest BCUT2D eigenvalue weighted by Gasteiger charge is 2.05. The van der Waals surface area contributed by atoms with Crippen molar-refractivity contribution in [2.45, 2.75) is 13.5 Å². The van der Waals surface area contributed by atoms with Crippen molar-refractivity contribution in [3.05, 3.63) is 58.4 Å². The van der Waals surface area contributed by atoms with E-state index in [1.165, 1.54) is 11.6 Å². The predicted octanol–water partition coefficient (Wildman–Crippen LogP) is 4.17. The van der Waals surface area contributed by atoms with Crippen LogP contribution < -0.4 is 5.32 Å². The number of halogens is 2. The van der Waals surface area contributed by atoms with E-state index in [1.54, 1.807) is 6.07 Å². The van der Waals surface area contributed by atoms with Gasteiger partial charge in [0.1, 0.15) is 5.82 Å². The van der Waals surface area contributed by atoms with Gasteiger partial charge < -0.3 is 5.32 Å². The van der Waals surface area contributed by atoms with Crippen molar-refractivity contribution in [3.63, 3.8) is 0 Å². The molecule has 0 heterocycles. The molecule has 2 rings (SSSR count). The highest BCUT2D eigenvalue weighted by atomic mass is 35.5. The fraction of sp³-hybridized carbons (Fsp3) is 0.200. The van der Waals surface area contributed by atoms with Crippen molar-refractivity contribution in [2.75, 3.05) is 7.05 Å². The van der Waals surface area contributed by atoms with Crippen molar-refractivity contribution >= 4 is 11.6 Å². The van der Waals surface area contributed by atoms with Crippen molar-refractivity contribution in [3.8, 4) is 11.1 Å². The van der Waals surface area contributed by atoms with Gasteiger partial charge in [0.2, 0.25) is 0 Å². The molecule has 2 aromatic rings. The van der Waals surface area contributed by atoms with Gasteiger partial charge >= 0.3 is 0 Å². The Balaban J connectivity index is 2.46. The molecule has 0 saturated heterocycles. The molecule has 0 aliphatic carbocycles. The first-order valence-electron chi connectivity index (χ1n) is 5.81. The summed E-state index contributed by atoms with van der Waals surface area (Å²) >= 11 is 5.70. The zero-order valence-electron chi connectivity index (χ0n) is 10.4. The zero-order chi connectivity index (χ0) is 13.1. The minimum Gasteiger partial charge on any atom is -0.316 e. The van der Waals surface area contributed by atoms with E-state index in [9.17, 15) is 4.39 Å². The van der Waals surface area contributed by atoms with Crippen LogP contribution in [-0.4, -0.2) is 7.05 Å². The molecule has 1 nitrogen and oxygen atoms in total. The second-order valence-corrected chi connectivity index (χ2v) is 4.77. The van der Waals surface area contributed by atoms with E-state index < -0.39 is 0 Å². The topological polar surface area (TPSA) is 12.0 Å². The van der Waals surface area contributed by atoms with Gasteiger partial charge in [0, 0.05) is 6.54 Å². The van der Waals surface area contributed by atoms with Gasteiger partial charge in [-0.25, -0.2) is 4.39 Å². The lowest BCUT2D eigenvalue weighted by atomic mass is 10.00. The Morgan fingerprint density at radius 1 is 1.11 bits per heavy atom. The smallest absolute Gasteiger partial charge is 0.142 e. The SMILES string of the molecule is CNCc1cc(C)cc(-c2ccc(Cl)c(F)c2)c1. The maximum Gasteiger partial charge on any atom is 0.142 e. The van der Waals surface area contributed by atoms with E-state index in [4.69, 9.17) is 11.6 Å². The van der Waals surface area contributed by atoms with Crippen LogP contribution in [0.4, 0.5) is 4.39 Å². The van der Waals surface area contributed by atoms with Gasteiger partial charge in [0.15, 0.2) is 0 Å². The van der Waals surface area contributed by atoms with Crippen molar-refractivity contribution in [1.29, 1.82) is 0 Å². The summed E-state index contributed by atoms with van der Waals surface area (Å²) in [6.45, 7) is 2.83. The van der Waals surface area contributed by atoms with Gasteiger partial charge in [-0.1, -0.05) is 35.4 Å². The maximum absolute atomic E-state index is 13.5. The van der Waals surface area contributed by atoms with Gasteiger partial charge in [0.05, 0.1) is 5.02 Å². The molecule has 0 aliphatic heterocycles. The molecular formula is C15H15ClFN. The highest BCUT2D eigenvalue weighted by molar-refractivity contribution is 6.30. The Morgan fingerprint density at radius 2 is 1.89 bits per heavy atom. The zero-order valence-corrected chi connectivity index (χ0v) is 11.2. The van der Waals surface area contributed by atoms with E-state index in [0.717, 1.165) is 23.2 Å². The molecule has 2 aromatic carbocycles. The van der Waals surface area contributed by atoms with Crippen LogP contribution >= 0.6 is 11.6 Å². The molecular weight excluding hydrogens is 249 g/mol. The summed E-state index contributed by atoms with van der Waals surface area (Å²) in [6.07, 6.45) is 0. The van der Waals surface area contributed by atoms with E-state index in [1.807, 2.05) is 26.1 Å². The molecule has 0 bridgehead atoms. The van der Waals surface area contributed by atoms with Crippen molar-refractivity contribution < 1.29 is 4.39 Å². The summed E-state index contributed by atoms with van der Waals surface area (Å²) in [5.41, 5.74) is 4.20. The third-order valence-corrected chi connectivity index (χ3v) is 3.08. The van der Waals surface area contributed by atoms with Gasteiger partial charge in [-0.3, -0.25) is 0 Å². The molecule has 0 saturated carbocycles. The van der Waals surface area contributed by atoms with Crippen LogP contribution in [0, 0.1) is 12.7 Å². The fourth-order valence-electron chi connectivity index (χ4n) is 2.01. The first kappa shape index (κ1) is 13.1. The highest BCUT2D eigenvalue weighted by Crippen LogP contribution is 2.26. The standard InChI is InChI=1S/C15H15ClFN/c1-10-5-11(9-18-2)7-13(6-10)12-3-4-14(16)15(17)8-12/h3-8,18H,9H2,1-2H3. The number of nitrogens with one attached hydrogen (secondary N) is 1. The van der Waals surface area contributed by atoms with Gasteiger partial charge in [0.25, 0.3) is 0 Å². The lowest BCUT2D eigenvalue weighted by molar-refractivity contribution is 0.629. The fourth-order valence-corrected chi connectivity index (χ4v) is 2.13.